The summed E-state index contributed by atoms with van der Waals surface area (Å²) in [6.07, 6.45) is 0. The Morgan fingerprint density at radius 2 is 0.804 bits per heavy atom. The van der Waals surface area contributed by atoms with E-state index in [1.807, 2.05) is 91.0 Å². The summed E-state index contributed by atoms with van der Waals surface area (Å²) in [7, 11) is -3.73. The molecule has 0 saturated heterocycles. The minimum Gasteiger partial charge on any atom is -0.218 e. The maximum Gasteiger partial charge on any atom is 0.207 e. The summed E-state index contributed by atoms with van der Waals surface area (Å²) in [4.78, 5) is 15.6. The third-order valence-electron chi connectivity index (χ3n) is 10.9. The molecule has 0 amide bonds. The van der Waals surface area contributed by atoms with Gasteiger partial charge in [-0.25, -0.2) is 23.4 Å². The zero-order valence-corrected chi connectivity index (χ0v) is 30.9. The second-order valence-electron chi connectivity index (χ2n) is 14.0. The Morgan fingerprint density at radius 3 is 1.45 bits per heavy atom. The highest BCUT2D eigenvalue weighted by molar-refractivity contribution is 7.91. The predicted octanol–water partition coefficient (Wildman–Crippen LogP) is 11.2. The number of nitrogens with zero attached hydrogens (tertiary/aromatic N) is 3. The van der Waals surface area contributed by atoms with Crippen molar-refractivity contribution in [1.82, 2.24) is 15.0 Å². The summed E-state index contributed by atoms with van der Waals surface area (Å²) in [5.41, 5.74) is 7.45. The van der Waals surface area contributed by atoms with Gasteiger partial charge in [0.1, 0.15) is 0 Å². The van der Waals surface area contributed by atoms with Crippen molar-refractivity contribution < 1.29 is 8.42 Å². The third-order valence-corrected chi connectivity index (χ3v) is 12.7. The zero-order chi connectivity index (χ0) is 37.7. The van der Waals surface area contributed by atoms with E-state index in [9.17, 15) is 8.42 Å². The first-order valence-electron chi connectivity index (χ1n) is 18.5. The molecule has 56 heavy (non-hydrogen) atoms. The van der Waals surface area contributed by atoms with Gasteiger partial charge in [0.05, 0.1) is 15.2 Å². The Hall–Kier alpha value is -7.02. The molecule has 10 rings (SSSR count). The van der Waals surface area contributed by atoms with Gasteiger partial charge in [0.2, 0.25) is 9.84 Å². The number of benzene rings is 8. The average Bonchev–Trinajstić information content (AvgIpc) is 3.27. The van der Waals surface area contributed by atoms with Crippen LogP contribution in [0.15, 0.2) is 210 Å². The number of hydrogen-bond donors (Lipinski definition) is 0. The van der Waals surface area contributed by atoms with Gasteiger partial charge in [-0.3, -0.25) is 0 Å². The molecule has 0 saturated carbocycles. The maximum absolute atomic E-state index is 14.0. The minimum absolute atomic E-state index is 0.333. The molecule has 0 fully saturated rings. The molecule has 0 radical (unpaired) electrons. The molecule has 0 unspecified atom stereocenters. The summed E-state index contributed by atoms with van der Waals surface area (Å²) in [5, 5.41) is 2.21. The Kier molecular flexibility index (Phi) is 8.01. The molecule has 0 spiro atoms. The molecule has 0 bridgehead atoms. The molecule has 6 heteroatoms. The van der Waals surface area contributed by atoms with Crippen molar-refractivity contribution in [2.75, 3.05) is 0 Å². The van der Waals surface area contributed by atoms with Gasteiger partial charge in [-0.15, -0.1) is 0 Å². The summed E-state index contributed by atoms with van der Waals surface area (Å²) in [6, 6.07) is 66.4. The zero-order valence-electron chi connectivity index (χ0n) is 30.1. The van der Waals surface area contributed by atoms with E-state index in [0.29, 0.717) is 27.3 Å². The van der Waals surface area contributed by atoms with Crippen LogP contribution in [0.25, 0.3) is 56.1 Å². The van der Waals surface area contributed by atoms with Gasteiger partial charge >= 0.3 is 0 Å². The Balaban J connectivity index is 1.07. The van der Waals surface area contributed by atoms with Crippen molar-refractivity contribution in [2.45, 2.75) is 15.2 Å². The number of sulfone groups is 1. The Morgan fingerprint density at radius 1 is 0.357 bits per heavy atom. The van der Waals surface area contributed by atoms with Gasteiger partial charge in [-0.1, -0.05) is 188 Å². The largest absolute Gasteiger partial charge is 0.218 e. The van der Waals surface area contributed by atoms with Crippen LogP contribution in [0.5, 0.6) is 0 Å². The topological polar surface area (TPSA) is 72.8 Å². The quantitative estimate of drug-likeness (QED) is 0.170. The molecule has 0 atom stereocenters. The molecular formula is C50H33N3O2S. The van der Waals surface area contributed by atoms with Gasteiger partial charge in [0.25, 0.3) is 0 Å². The van der Waals surface area contributed by atoms with Gasteiger partial charge in [-0.05, 0) is 56.3 Å². The van der Waals surface area contributed by atoms with Crippen molar-refractivity contribution in [1.29, 1.82) is 0 Å². The second-order valence-corrected chi connectivity index (χ2v) is 15.9. The fourth-order valence-electron chi connectivity index (χ4n) is 8.25. The van der Waals surface area contributed by atoms with Crippen molar-refractivity contribution in [3.05, 3.63) is 222 Å². The molecule has 1 aliphatic heterocycles. The van der Waals surface area contributed by atoms with Crippen LogP contribution in [-0.2, 0) is 15.3 Å². The fourth-order valence-corrected chi connectivity index (χ4v) is 10.0. The molecular weight excluding hydrogens is 707 g/mol. The number of rotatable bonds is 6. The molecule has 1 aliphatic rings. The first kappa shape index (κ1) is 33.5. The van der Waals surface area contributed by atoms with E-state index < -0.39 is 15.3 Å². The van der Waals surface area contributed by atoms with E-state index in [0.717, 1.165) is 60.8 Å². The first-order valence-corrected chi connectivity index (χ1v) is 20.0. The smallest absolute Gasteiger partial charge is 0.207 e. The predicted molar refractivity (Wildman–Crippen MR) is 223 cm³/mol. The fraction of sp³-hybridized carbons (Fsp3) is 0.0200. The minimum atomic E-state index is -3.73. The van der Waals surface area contributed by atoms with Crippen molar-refractivity contribution in [3.8, 4) is 45.3 Å². The number of fused-ring (bicyclic) bond motifs is 3. The van der Waals surface area contributed by atoms with E-state index in [1.165, 1.54) is 0 Å². The maximum atomic E-state index is 14.0. The first-order chi connectivity index (χ1) is 27.5. The van der Waals surface area contributed by atoms with Crippen molar-refractivity contribution >= 4 is 20.6 Å². The Bertz CT molecular complexity index is 2960. The normalized spacial score (nSPS) is 13.8. The van der Waals surface area contributed by atoms with E-state index >= 15 is 0 Å². The summed E-state index contributed by atoms with van der Waals surface area (Å²) in [6.45, 7) is 0. The highest BCUT2D eigenvalue weighted by Crippen LogP contribution is 2.53. The molecule has 0 N–H and O–H groups in total. The van der Waals surface area contributed by atoms with E-state index in [2.05, 4.69) is 84.9 Å². The van der Waals surface area contributed by atoms with Gasteiger partial charge in [0, 0.05) is 16.7 Å². The lowest BCUT2D eigenvalue weighted by atomic mass is 9.64. The van der Waals surface area contributed by atoms with Crippen LogP contribution in [-0.4, -0.2) is 23.4 Å². The van der Waals surface area contributed by atoms with Crippen LogP contribution in [0, 0.1) is 0 Å². The second kappa shape index (κ2) is 13.4. The highest BCUT2D eigenvalue weighted by atomic mass is 32.2. The van der Waals surface area contributed by atoms with Crippen LogP contribution in [0.3, 0.4) is 0 Å². The lowest BCUT2D eigenvalue weighted by Gasteiger charge is -2.41. The molecule has 5 nitrogen and oxygen atoms in total. The third kappa shape index (κ3) is 5.37. The Labute approximate surface area is 325 Å². The van der Waals surface area contributed by atoms with Crippen LogP contribution >= 0.6 is 0 Å². The number of hydrogen-bond acceptors (Lipinski definition) is 5. The van der Waals surface area contributed by atoms with Gasteiger partial charge < -0.3 is 0 Å². The number of aromatic nitrogens is 3. The lowest BCUT2D eigenvalue weighted by molar-refractivity contribution is 0.579. The molecule has 2 heterocycles. The van der Waals surface area contributed by atoms with Crippen LogP contribution in [0.1, 0.15) is 22.3 Å². The van der Waals surface area contributed by atoms with Crippen LogP contribution < -0.4 is 0 Å². The van der Waals surface area contributed by atoms with E-state index in [4.69, 9.17) is 15.0 Å². The molecule has 0 aliphatic carbocycles. The van der Waals surface area contributed by atoms with Gasteiger partial charge in [0.15, 0.2) is 17.5 Å². The molecule has 8 aromatic carbocycles. The molecule has 1 aromatic heterocycles. The van der Waals surface area contributed by atoms with Crippen LogP contribution in [0.4, 0.5) is 0 Å². The molecule has 9 aromatic rings. The molecule has 266 valence electrons. The van der Waals surface area contributed by atoms with E-state index in [1.54, 1.807) is 24.3 Å². The van der Waals surface area contributed by atoms with E-state index in [-0.39, 0.29) is 0 Å². The van der Waals surface area contributed by atoms with Gasteiger partial charge in [-0.2, -0.15) is 0 Å². The van der Waals surface area contributed by atoms with Crippen LogP contribution in [0.2, 0.25) is 0 Å². The standard InChI is InChI=1S/C50H33N3O2S/c54-56(55)45-24-11-9-22-43(45)50(39-18-5-2-6-19-39,44-23-10-12-25-46(44)56)40-32-30-35(31-33-40)34-26-28-38(29-27-34)48-51-47(37-15-3-1-4-16-37)52-49(53-48)42-21-13-17-36-14-7-8-20-41(36)42/h1-33H. The van der Waals surface area contributed by atoms with Crippen molar-refractivity contribution in [3.63, 3.8) is 0 Å². The summed E-state index contributed by atoms with van der Waals surface area (Å²) >= 11 is 0. The van der Waals surface area contributed by atoms with Crippen molar-refractivity contribution in [2.24, 2.45) is 0 Å². The highest BCUT2D eigenvalue weighted by Gasteiger charge is 2.48. The summed E-state index contributed by atoms with van der Waals surface area (Å²) < 4.78 is 28.1. The lowest BCUT2D eigenvalue weighted by Crippen LogP contribution is -2.37. The SMILES string of the molecule is O=S1(=O)c2ccccc2C(c2ccccc2)(c2ccc(-c3ccc(-c4nc(-c5ccccc5)nc(-c5cccc6ccccc56)n4)cc3)cc2)c2ccccc21. The monoisotopic (exact) mass is 739 g/mol. The summed E-state index contributed by atoms with van der Waals surface area (Å²) in [5.74, 6) is 1.83. The average molecular weight is 740 g/mol.